The normalized spacial score (nSPS) is 12.3. The van der Waals surface area contributed by atoms with Crippen LogP contribution in [0.4, 0.5) is 0 Å². The van der Waals surface area contributed by atoms with Crippen molar-refractivity contribution in [2.24, 2.45) is 0 Å². The Morgan fingerprint density at radius 2 is 1.12 bits per heavy atom. The van der Waals surface area contributed by atoms with Crippen molar-refractivity contribution >= 4 is 18.5 Å². The first-order valence-electron chi connectivity index (χ1n) is 14.5. The van der Waals surface area contributed by atoms with Gasteiger partial charge in [0.2, 0.25) is 0 Å². The second-order valence-electron chi connectivity index (χ2n) is 10.4. The fourth-order valence-electron chi connectivity index (χ4n) is 5.18. The molecule has 0 spiro atoms. The van der Waals surface area contributed by atoms with Crippen LogP contribution in [0.15, 0.2) is 24.3 Å². The average Bonchev–Trinajstić information content (AvgIpc) is 2.84. The van der Waals surface area contributed by atoms with Gasteiger partial charge < -0.3 is 0 Å². The van der Waals surface area contributed by atoms with Gasteiger partial charge in [-0.15, -0.1) is 0 Å². The Bertz CT molecular complexity index is 863. The van der Waals surface area contributed by atoms with Crippen molar-refractivity contribution in [3.05, 3.63) is 57.6 Å². The molecule has 0 amide bonds. The average molecular weight is 481 g/mol. The van der Waals surface area contributed by atoms with Crippen molar-refractivity contribution in [2.75, 3.05) is 6.16 Å². The highest BCUT2D eigenvalue weighted by Gasteiger charge is 2.23. The predicted octanol–water partition coefficient (Wildman–Crippen LogP) is 9.65. The summed E-state index contributed by atoms with van der Waals surface area (Å²) < 4.78 is 0. The van der Waals surface area contributed by atoms with E-state index < -0.39 is 0 Å². The molecular formula is C33H53P. The predicted molar refractivity (Wildman–Crippen MR) is 158 cm³/mol. The van der Waals surface area contributed by atoms with Gasteiger partial charge in [0, 0.05) is 0 Å². The zero-order valence-electron chi connectivity index (χ0n) is 23.7. The molecule has 0 saturated carbocycles. The molecule has 0 aromatic heterocycles. The molecule has 0 aliphatic heterocycles. The lowest BCUT2D eigenvalue weighted by molar-refractivity contribution is 0.705. The zero-order chi connectivity index (χ0) is 24.9. The molecule has 190 valence electrons. The molecule has 0 nitrogen and oxygen atoms in total. The second kappa shape index (κ2) is 15.8. The van der Waals surface area contributed by atoms with Gasteiger partial charge in [-0.3, -0.25) is 0 Å². The SMILES string of the molecule is CCCCCCP(c1ccc(C)c(C)c1C)c1ccc(CCCC)c(CCCC)c1CCCC. The fraction of sp³-hybridized carbons (Fsp3) is 0.636. The Morgan fingerprint density at radius 3 is 1.76 bits per heavy atom. The summed E-state index contributed by atoms with van der Waals surface area (Å²) in [4.78, 5) is 0. The highest BCUT2D eigenvalue weighted by atomic mass is 31.1. The van der Waals surface area contributed by atoms with Crippen molar-refractivity contribution in [2.45, 2.75) is 132 Å². The van der Waals surface area contributed by atoms with Crippen LogP contribution in [0.5, 0.6) is 0 Å². The highest BCUT2D eigenvalue weighted by Crippen LogP contribution is 2.40. The summed E-state index contributed by atoms with van der Waals surface area (Å²) in [6.07, 6.45) is 18.4. The van der Waals surface area contributed by atoms with Gasteiger partial charge in [-0.1, -0.05) is 90.5 Å². The smallest absolute Gasteiger partial charge is 0.0160 e. The summed E-state index contributed by atoms with van der Waals surface area (Å²) in [5.74, 6) is 0. The van der Waals surface area contributed by atoms with Gasteiger partial charge in [0.1, 0.15) is 0 Å². The van der Waals surface area contributed by atoms with E-state index in [9.17, 15) is 0 Å². The van der Waals surface area contributed by atoms with E-state index >= 15 is 0 Å². The molecule has 34 heavy (non-hydrogen) atoms. The van der Waals surface area contributed by atoms with Crippen LogP contribution < -0.4 is 10.6 Å². The van der Waals surface area contributed by atoms with E-state index in [1.54, 1.807) is 32.9 Å². The maximum atomic E-state index is 2.59. The van der Waals surface area contributed by atoms with Crippen LogP contribution in [0.1, 0.15) is 125 Å². The van der Waals surface area contributed by atoms with Crippen LogP contribution >= 0.6 is 7.92 Å². The van der Waals surface area contributed by atoms with E-state index in [0.717, 1.165) is 0 Å². The van der Waals surface area contributed by atoms with E-state index in [0.29, 0.717) is 0 Å². The third-order valence-electron chi connectivity index (χ3n) is 7.71. The Labute approximate surface area is 214 Å². The van der Waals surface area contributed by atoms with Crippen LogP contribution in [0, 0.1) is 20.8 Å². The van der Waals surface area contributed by atoms with Crippen LogP contribution in [-0.2, 0) is 19.3 Å². The van der Waals surface area contributed by atoms with Gasteiger partial charge in [0.05, 0.1) is 0 Å². The van der Waals surface area contributed by atoms with Gasteiger partial charge in [0.25, 0.3) is 0 Å². The monoisotopic (exact) mass is 480 g/mol. The minimum absolute atomic E-state index is 0.311. The van der Waals surface area contributed by atoms with E-state index in [1.807, 2.05) is 0 Å². The number of rotatable bonds is 16. The van der Waals surface area contributed by atoms with E-state index in [4.69, 9.17) is 0 Å². The molecule has 0 saturated heterocycles. The quantitative estimate of drug-likeness (QED) is 0.166. The van der Waals surface area contributed by atoms with Crippen molar-refractivity contribution in [1.82, 2.24) is 0 Å². The van der Waals surface area contributed by atoms with Gasteiger partial charge in [0.15, 0.2) is 0 Å². The number of aryl methyl sites for hydroxylation is 2. The lowest BCUT2D eigenvalue weighted by atomic mass is 9.91. The summed E-state index contributed by atoms with van der Waals surface area (Å²) in [6.45, 7) is 16.3. The first-order valence-corrected chi connectivity index (χ1v) is 16.0. The van der Waals surface area contributed by atoms with E-state index in [-0.39, 0.29) is 7.92 Å². The molecule has 2 rings (SSSR count). The molecule has 0 heterocycles. The Kier molecular flexibility index (Phi) is 13.5. The second-order valence-corrected chi connectivity index (χ2v) is 12.6. The summed E-state index contributed by atoms with van der Waals surface area (Å²) in [6, 6.07) is 10.0. The van der Waals surface area contributed by atoms with Gasteiger partial charge in [-0.05, 0) is 124 Å². The number of hydrogen-bond donors (Lipinski definition) is 0. The van der Waals surface area contributed by atoms with Gasteiger partial charge in [-0.2, -0.15) is 0 Å². The molecule has 0 N–H and O–H groups in total. The van der Waals surface area contributed by atoms with Crippen LogP contribution in [0.2, 0.25) is 0 Å². The third kappa shape index (κ3) is 7.95. The summed E-state index contributed by atoms with van der Waals surface area (Å²) in [7, 11) is -0.311. The first kappa shape index (κ1) is 29.1. The van der Waals surface area contributed by atoms with Crippen molar-refractivity contribution < 1.29 is 0 Å². The van der Waals surface area contributed by atoms with Gasteiger partial charge >= 0.3 is 0 Å². The highest BCUT2D eigenvalue weighted by molar-refractivity contribution is 7.73. The maximum Gasteiger partial charge on any atom is -0.0160 e. The largest absolute Gasteiger partial charge is 0.0654 e. The molecule has 2 aromatic rings. The minimum Gasteiger partial charge on any atom is -0.0654 e. The first-order chi connectivity index (χ1) is 16.5. The zero-order valence-corrected chi connectivity index (χ0v) is 24.6. The third-order valence-corrected chi connectivity index (χ3v) is 10.5. The molecule has 2 aromatic carbocycles. The van der Waals surface area contributed by atoms with Crippen molar-refractivity contribution in [3.63, 3.8) is 0 Å². The fourth-order valence-corrected chi connectivity index (χ4v) is 8.12. The molecule has 0 aliphatic rings. The Morgan fingerprint density at radius 1 is 0.529 bits per heavy atom. The van der Waals surface area contributed by atoms with Gasteiger partial charge in [-0.25, -0.2) is 0 Å². The standard InChI is InChI=1S/C33H53P/c1-8-12-16-17-25-34(32-23-21-26(5)27(6)28(32)7)33-24-22-29(18-13-9-2)30(19-14-10-3)31(33)20-15-11-4/h21-24H,8-20,25H2,1-7H3. The number of benzene rings is 2. The summed E-state index contributed by atoms with van der Waals surface area (Å²) in [5, 5.41) is 3.37. The lowest BCUT2D eigenvalue weighted by Crippen LogP contribution is -2.23. The molecule has 1 atom stereocenters. The maximum absolute atomic E-state index is 2.59. The molecule has 1 unspecified atom stereocenters. The molecule has 1 heteroatoms. The minimum atomic E-state index is -0.311. The van der Waals surface area contributed by atoms with Crippen LogP contribution in [0.25, 0.3) is 0 Å². The topological polar surface area (TPSA) is 0 Å². The molecule has 0 fully saturated rings. The van der Waals surface area contributed by atoms with Crippen molar-refractivity contribution in [3.8, 4) is 0 Å². The molecular weight excluding hydrogens is 427 g/mol. The molecule has 0 bridgehead atoms. The lowest BCUT2D eigenvalue weighted by Gasteiger charge is -2.28. The van der Waals surface area contributed by atoms with E-state index in [1.165, 1.54) is 101 Å². The van der Waals surface area contributed by atoms with Crippen LogP contribution in [0.3, 0.4) is 0 Å². The summed E-state index contributed by atoms with van der Waals surface area (Å²) >= 11 is 0. The van der Waals surface area contributed by atoms with Crippen molar-refractivity contribution in [1.29, 1.82) is 0 Å². The van der Waals surface area contributed by atoms with Crippen LogP contribution in [-0.4, -0.2) is 6.16 Å². The summed E-state index contributed by atoms with van der Waals surface area (Å²) in [5.41, 5.74) is 9.63. The molecule has 0 aliphatic carbocycles. The van der Waals surface area contributed by atoms with E-state index in [2.05, 4.69) is 72.7 Å². The Hall–Kier alpha value is -1.13. The Balaban J connectivity index is 2.65. The number of unbranched alkanes of at least 4 members (excludes halogenated alkanes) is 6. The number of hydrogen-bond acceptors (Lipinski definition) is 0. The molecule has 0 radical (unpaired) electrons.